The van der Waals surface area contributed by atoms with Crippen molar-refractivity contribution in [2.75, 3.05) is 5.32 Å². The number of carbonyl (C=O) groups excluding carboxylic acids is 1. The van der Waals surface area contributed by atoms with Gasteiger partial charge < -0.3 is 9.88 Å². The van der Waals surface area contributed by atoms with Crippen LogP contribution in [0.5, 0.6) is 0 Å². The molecule has 0 radical (unpaired) electrons. The number of amides is 1. The van der Waals surface area contributed by atoms with Gasteiger partial charge in [0.05, 0.1) is 16.0 Å². The molecule has 0 fully saturated rings. The molecule has 4 rings (SSSR count). The van der Waals surface area contributed by atoms with Crippen molar-refractivity contribution in [2.45, 2.75) is 26.3 Å². The highest BCUT2D eigenvalue weighted by Gasteiger charge is 2.12. The molecular formula is C24H21N3O4. The zero-order valence-electron chi connectivity index (χ0n) is 17.0. The van der Waals surface area contributed by atoms with E-state index >= 15 is 0 Å². The molecule has 0 saturated carbocycles. The van der Waals surface area contributed by atoms with E-state index in [1.807, 2.05) is 49.4 Å². The standard InChI is InChI=1S/C24H21N3O4/c1-16-8-13-22-20(15-16)24(29)19-5-2-3-6-21(19)26(22)14-4-7-23(28)25-17-9-11-18(12-10-17)27(30)31/h2-3,5-6,8-13,15H,4,7,14H2,1H3,(H,25,28). The monoisotopic (exact) mass is 415 g/mol. The zero-order valence-corrected chi connectivity index (χ0v) is 17.0. The molecule has 0 saturated heterocycles. The van der Waals surface area contributed by atoms with Crippen molar-refractivity contribution in [1.29, 1.82) is 0 Å². The van der Waals surface area contributed by atoms with Gasteiger partial charge in [0.15, 0.2) is 5.43 Å². The Kier molecular flexibility index (Phi) is 5.49. The Labute approximate surface area is 178 Å². The zero-order chi connectivity index (χ0) is 22.0. The van der Waals surface area contributed by atoms with Crippen molar-refractivity contribution in [2.24, 2.45) is 0 Å². The number of non-ortho nitro benzene ring substituents is 1. The fourth-order valence-electron chi connectivity index (χ4n) is 3.77. The van der Waals surface area contributed by atoms with Crippen LogP contribution in [0.1, 0.15) is 18.4 Å². The van der Waals surface area contributed by atoms with E-state index in [-0.39, 0.29) is 23.4 Å². The van der Waals surface area contributed by atoms with Gasteiger partial charge in [-0.05, 0) is 49.7 Å². The van der Waals surface area contributed by atoms with Gasteiger partial charge in [0, 0.05) is 41.6 Å². The van der Waals surface area contributed by atoms with E-state index in [0.29, 0.717) is 29.4 Å². The van der Waals surface area contributed by atoms with Crippen molar-refractivity contribution in [1.82, 2.24) is 4.57 Å². The number of fused-ring (bicyclic) bond motifs is 2. The van der Waals surface area contributed by atoms with E-state index in [1.165, 1.54) is 24.3 Å². The van der Waals surface area contributed by atoms with Gasteiger partial charge in [-0.1, -0.05) is 23.8 Å². The van der Waals surface area contributed by atoms with Crippen molar-refractivity contribution < 1.29 is 9.72 Å². The largest absolute Gasteiger partial charge is 0.340 e. The summed E-state index contributed by atoms with van der Waals surface area (Å²) in [5, 5.41) is 14.8. The van der Waals surface area contributed by atoms with Crippen LogP contribution in [-0.2, 0) is 11.3 Å². The Hall–Kier alpha value is -4.00. The molecule has 7 nitrogen and oxygen atoms in total. The number of hydrogen-bond donors (Lipinski definition) is 1. The van der Waals surface area contributed by atoms with Crippen LogP contribution in [0.4, 0.5) is 11.4 Å². The maximum absolute atomic E-state index is 12.9. The number of hydrogen-bond acceptors (Lipinski definition) is 4. The van der Waals surface area contributed by atoms with E-state index in [9.17, 15) is 19.7 Å². The number of nitrogens with zero attached hydrogens (tertiary/aromatic N) is 2. The number of benzene rings is 3. The lowest BCUT2D eigenvalue weighted by Gasteiger charge is -2.15. The number of aryl methyl sites for hydroxylation is 2. The Morgan fingerprint density at radius 2 is 1.71 bits per heavy atom. The number of nitrogens with one attached hydrogen (secondary N) is 1. The van der Waals surface area contributed by atoms with E-state index in [2.05, 4.69) is 9.88 Å². The minimum atomic E-state index is -0.480. The summed E-state index contributed by atoms with van der Waals surface area (Å²) in [7, 11) is 0. The summed E-state index contributed by atoms with van der Waals surface area (Å²) in [6, 6.07) is 19.1. The maximum Gasteiger partial charge on any atom is 0.269 e. The van der Waals surface area contributed by atoms with Gasteiger partial charge in [-0.2, -0.15) is 0 Å². The topological polar surface area (TPSA) is 94.2 Å². The second kappa shape index (κ2) is 8.39. The number of para-hydroxylation sites is 1. The lowest BCUT2D eigenvalue weighted by molar-refractivity contribution is -0.384. The first-order valence-corrected chi connectivity index (χ1v) is 10.0. The fraction of sp³-hybridized carbons (Fsp3) is 0.167. The molecule has 0 unspecified atom stereocenters. The highest BCUT2D eigenvalue weighted by Crippen LogP contribution is 2.21. The van der Waals surface area contributed by atoms with E-state index in [4.69, 9.17) is 0 Å². The van der Waals surface area contributed by atoms with Gasteiger partial charge in [0.1, 0.15) is 0 Å². The van der Waals surface area contributed by atoms with E-state index in [0.717, 1.165) is 16.6 Å². The predicted octanol–water partition coefficient (Wildman–Crippen LogP) is 4.79. The van der Waals surface area contributed by atoms with Crippen LogP contribution in [-0.4, -0.2) is 15.4 Å². The molecule has 0 atom stereocenters. The average Bonchev–Trinajstić information content (AvgIpc) is 2.76. The molecule has 0 spiro atoms. The third-order valence-electron chi connectivity index (χ3n) is 5.27. The van der Waals surface area contributed by atoms with Gasteiger partial charge in [0.2, 0.25) is 5.91 Å². The third kappa shape index (κ3) is 4.16. The fourth-order valence-corrected chi connectivity index (χ4v) is 3.77. The van der Waals surface area contributed by atoms with Crippen molar-refractivity contribution in [3.05, 3.63) is 92.6 Å². The molecule has 7 heteroatoms. The minimum Gasteiger partial charge on any atom is -0.340 e. The first-order chi connectivity index (χ1) is 14.9. The number of rotatable bonds is 6. The van der Waals surface area contributed by atoms with Crippen LogP contribution in [0.3, 0.4) is 0 Å². The number of carbonyl (C=O) groups is 1. The van der Waals surface area contributed by atoms with E-state index < -0.39 is 4.92 Å². The molecule has 4 aromatic rings. The summed E-state index contributed by atoms with van der Waals surface area (Å²) in [6.07, 6.45) is 0.861. The summed E-state index contributed by atoms with van der Waals surface area (Å²) in [5.74, 6) is -0.167. The molecular weight excluding hydrogens is 394 g/mol. The Morgan fingerprint density at radius 1 is 1.00 bits per heavy atom. The highest BCUT2D eigenvalue weighted by atomic mass is 16.6. The molecule has 1 aromatic heterocycles. The van der Waals surface area contributed by atoms with Crippen molar-refractivity contribution in [3.63, 3.8) is 0 Å². The number of pyridine rings is 1. The smallest absolute Gasteiger partial charge is 0.269 e. The van der Waals surface area contributed by atoms with E-state index in [1.54, 1.807) is 0 Å². The Balaban J connectivity index is 1.53. The molecule has 156 valence electrons. The summed E-state index contributed by atoms with van der Waals surface area (Å²) >= 11 is 0. The molecule has 0 aliphatic carbocycles. The molecule has 0 aliphatic heterocycles. The molecule has 1 heterocycles. The van der Waals surface area contributed by atoms with Crippen LogP contribution in [0.15, 0.2) is 71.5 Å². The summed E-state index contributed by atoms with van der Waals surface area (Å²) in [6.45, 7) is 2.54. The average molecular weight is 415 g/mol. The molecule has 1 N–H and O–H groups in total. The van der Waals surface area contributed by atoms with Crippen molar-refractivity contribution >= 4 is 39.1 Å². The summed E-state index contributed by atoms with van der Waals surface area (Å²) < 4.78 is 2.09. The predicted molar refractivity (Wildman–Crippen MR) is 121 cm³/mol. The quantitative estimate of drug-likeness (QED) is 0.278. The first-order valence-electron chi connectivity index (χ1n) is 10.0. The molecule has 1 amide bonds. The number of nitro benzene ring substituents is 1. The molecule has 3 aromatic carbocycles. The van der Waals surface area contributed by atoms with Crippen LogP contribution >= 0.6 is 0 Å². The Bertz CT molecular complexity index is 1360. The number of anilines is 1. The van der Waals surface area contributed by atoms with Gasteiger partial charge in [-0.3, -0.25) is 19.7 Å². The Morgan fingerprint density at radius 3 is 2.45 bits per heavy atom. The number of aromatic nitrogens is 1. The van der Waals surface area contributed by atoms with Crippen LogP contribution in [0.2, 0.25) is 0 Å². The maximum atomic E-state index is 12.9. The molecule has 0 aliphatic rings. The minimum absolute atomic E-state index is 0.0152. The first kappa shape index (κ1) is 20.3. The SMILES string of the molecule is Cc1ccc2c(c1)c(=O)c1ccccc1n2CCCC(=O)Nc1ccc([N+](=O)[O-])cc1. The normalized spacial score (nSPS) is 11.0. The van der Waals surface area contributed by atoms with Gasteiger partial charge in [-0.15, -0.1) is 0 Å². The number of nitro groups is 1. The van der Waals surface area contributed by atoms with Gasteiger partial charge in [0.25, 0.3) is 5.69 Å². The second-order valence-electron chi connectivity index (χ2n) is 7.47. The summed E-state index contributed by atoms with van der Waals surface area (Å²) in [4.78, 5) is 35.5. The lowest BCUT2D eigenvalue weighted by atomic mass is 10.1. The molecule has 31 heavy (non-hydrogen) atoms. The third-order valence-corrected chi connectivity index (χ3v) is 5.27. The van der Waals surface area contributed by atoms with Crippen molar-refractivity contribution in [3.8, 4) is 0 Å². The van der Waals surface area contributed by atoms with Crippen LogP contribution in [0.25, 0.3) is 21.8 Å². The van der Waals surface area contributed by atoms with Gasteiger partial charge in [-0.25, -0.2) is 0 Å². The van der Waals surface area contributed by atoms with Crippen LogP contribution < -0.4 is 10.7 Å². The highest BCUT2D eigenvalue weighted by molar-refractivity contribution is 5.94. The summed E-state index contributed by atoms with van der Waals surface area (Å²) in [5.41, 5.74) is 3.23. The van der Waals surface area contributed by atoms with Gasteiger partial charge >= 0.3 is 0 Å². The second-order valence-corrected chi connectivity index (χ2v) is 7.47. The molecule has 0 bridgehead atoms. The van der Waals surface area contributed by atoms with Crippen LogP contribution in [0, 0.1) is 17.0 Å². The lowest BCUT2D eigenvalue weighted by Crippen LogP contribution is -2.15.